The van der Waals surface area contributed by atoms with Gasteiger partial charge in [-0.2, -0.15) is 0 Å². The molecule has 1 saturated heterocycles. The minimum atomic E-state index is -0.903. The quantitative estimate of drug-likeness (QED) is 0.619. The zero-order valence-electron chi connectivity index (χ0n) is 18.2. The van der Waals surface area contributed by atoms with Crippen molar-refractivity contribution in [2.45, 2.75) is 51.5 Å². The van der Waals surface area contributed by atoms with Gasteiger partial charge in [-0.05, 0) is 30.9 Å². The Labute approximate surface area is 188 Å². The largest absolute Gasteiger partial charge is 0.398 e. The number of nitrogens with zero attached hydrogens (tertiary/aromatic N) is 2. The fourth-order valence-electron chi connectivity index (χ4n) is 4.68. The van der Waals surface area contributed by atoms with Gasteiger partial charge in [0.25, 0.3) is 5.91 Å². The summed E-state index contributed by atoms with van der Waals surface area (Å²) in [7, 11) is -0.903. The van der Waals surface area contributed by atoms with Crippen molar-refractivity contribution in [3.63, 3.8) is 0 Å². The van der Waals surface area contributed by atoms with E-state index in [0.29, 0.717) is 28.7 Å². The highest BCUT2D eigenvalue weighted by Crippen LogP contribution is 2.34. The number of nitrogens with two attached hydrogens (primary N) is 1. The summed E-state index contributed by atoms with van der Waals surface area (Å²) in [6.45, 7) is 8.20. The summed E-state index contributed by atoms with van der Waals surface area (Å²) < 4.78 is 14.7. The highest BCUT2D eigenvalue weighted by atomic mass is 35.5. The van der Waals surface area contributed by atoms with Crippen LogP contribution in [0.5, 0.6) is 0 Å². The Morgan fingerprint density at radius 2 is 1.87 bits per heavy atom. The normalized spacial score (nSPS) is 21.5. The van der Waals surface area contributed by atoms with Crippen molar-refractivity contribution in [1.29, 1.82) is 0 Å². The first-order valence-corrected chi connectivity index (χ1v) is 12.7. The number of anilines is 1. The maximum atomic E-state index is 12.9. The minimum Gasteiger partial charge on any atom is -0.398 e. The van der Waals surface area contributed by atoms with Gasteiger partial charge in [0.15, 0.2) is 0 Å². The summed E-state index contributed by atoms with van der Waals surface area (Å²) in [5.74, 6) is 0.946. The second-order valence-corrected chi connectivity index (χ2v) is 10.9. The van der Waals surface area contributed by atoms with Crippen LogP contribution in [0.2, 0.25) is 5.02 Å². The van der Waals surface area contributed by atoms with Gasteiger partial charge in [0, 0.05) is 49.7 Å². The van der Waals surface area contributed by atoms with Crippen LogP contribution < -0.4 is 11.1 Å². The number of rotatable bonds is 7. The first-order valence-electron chi connectivity index (χ1n) is 11.0. The summed E-state index contributed by atoms with van der Waals surface area (Å²) in [6, 6.07) is 5.15. The molecular weight excluding hydrogens is 420 g/mol. The molecule has 168 valence electrons. The van der Waals surface area contributed by atoms with Crippen LogP contribution in [0, 0.1) is 5.92 Å². The molecule has 1 heterocycles. The maximum Gasteiger partial charge on any atom is 0.254 e. The van der Waals surface area contributed by atoms with E-state index in [9.17, 15) is 9.00 Å². The Kier molecular flexibility index (Phi) is 8.18. The summed E-state index contributed by atoms with van der Waals surface area (Å²) in [6.07, 6.45) is 5.72. The molecule has 1 aromatic rings. The predicted molar refractivity (Wildman–Crippen MR) is 125 cm³/mol. The average molecular weight is 455 g/mol. The molecule has 0 bridgehead atoms. The van der Waals surface area contributed by atoms with Crippen molar-refractivity contribution < 1.29 is 9.00 Å². The summed E-state index contributed by atoms with van der Waals surface area (Å²) in [5.41, 5.74) is 6.71. The zero-order chi connectivity index (χ0) is 21.7. The number of hydrogen-bond donors (Lipinski definition) is 2. The number of piperazine rings is 1. The molecule has 6 nitrogen and oxygen atoms in total. The van der Waals surface area contributed by atoms with Gasteiger partial charge in [-0.15, -0.1) is 0 Å². The second-order valence-electron chi connectivity index (χ2n) is 8.97. The molecule has 1 aliphatic carbocycles. The van der Waals surface area contributed by atoms with E-state index in [1.165, 1.54) is 19.3 Å². The van der Waals surface area contributed by atoms with Crippen LogP contribution in [-0.4, -0.2) is 63.3 Å². The van der Waals surface area contributed by atoms with Gasteiger partial charge in [-0.25, -0.2) is 8.51 Å². The van der Waals surface area contributed by atoms with Crippen molar-refractivity contribution in [2.75, 3.05) is 44.2 Å². The van der Waals surface area contributed by atoms with Crippen LogP contribution in [0.4, 0.5) is 5.69 Å². The van der Waals surface area contributed by atoms with Crippen molar-refractivity contribution in [1.82, 2.24) is 14.5 Å². The lowest BCUT2D eigenvalue weighted by molar-refractivity contribution is 0.0248. The molecule has 0 spiro atoms. The lowest BCUT2D eigenvalue weighted by Gasteiger charge is -2.49. The Balaban J connectivity index is 1.65. The Morgan fingerprint density at radius 3 is 2.47 bits per heavy atom. The fraction of sp³-hybridized carbons (Fsp3) is 0.682. The standard InChI is InChI=1S/C22H35ClN4O2S/c1-17(2)15-30(29)27-13-11-26(12-14-27)22(9-4-3-5-10-22)16-25-21(28)20-18(23)7-6-8-19(20)24/h6-8,17H,3-5,9-16,24H2,1-2H3,(H,25,28). The SMILES string of the molecule is CC(C)CS(=O)N1CCN(C2(CNC(=O)c3c(N)cccc3Cl)CCCCC2)CC1. The fourth-order valence-corrected chi connectivity index (χ4v) is 6.30. The van der Waals surface area contributed by atoms with E-state index in [2.05, 4.69) is 28.4 Å². The van der Waals surface area contributed by atoms with Crippen LogP contribution in [-0.2, 0) is 11.0 Å². The molecule has 0 radical (unpaired) electrons. The second kappa shape index (κ2) is 10.4. The lowest BCUT2D eigenvalue weighted by Crippen LogP contribution is -2.62. The van der Waals surface area contributed by atoms with E-state index < -0.39 is 11.0 Å². The smallest absolute Gasteiger partial charge is 0.254 e. The van der Waals surface area contributed by atoms with E-state index in [4.69, 9.17) is 17.3 Å². The zero-order valence-corrected chi connectivity index (χ0v) is 19.7. The lowest BCUT2D eigenvalue weighted by atomic mass is 9.79. The average Bonchev–Trinajstić information content (AvgIpc) is 2.72. The molecule has 2 aliphatic rings. The van der Waals surface area contributed by atoms with Gasteiger partial charge >= 0.3 is 0 Å². The van der Waals surface area contributed by atoms with Gasteiger partial charge in [-0.1, -0.05) is 50.8 Å². The molecule has 3 rings (SSSR count). The topological polar surface area (TPSA) is 78.7 Å². The Hall–Kier alpha value is -1.15. The number of amides is 1. The van der Waals surface area contributed by atoms with Crippen LogP contribution in [0.15, 0.2) is 18.2 Å². The number of carbonyl (C=O) groups excluding carboxylic acids is 1. The molecule has 1 aromatic carbocycles. The third-order valence-electron chi connectivity index (χ3n) is 6.31. The minimum absolute atomic E-state index is 0.0461. The molecule has 0 aromatic heterocycles. The molecule has 8 heteroatoms. The summed E-state index contributed by atoms with van der Waals surface area (Å²) in [4.78, 5) is 15.4. The Bertz CT molecular complexity index is 739. The first-order chi connectivity index (χ1) is 14.3. The molecule has 1 atom stereocenters. The van der Waals surface area contributed by atoms with Gasteiger partial charge in [0.2, 0.25) is 0 Å². The van der Waals surface area contributed by atoms with E-state index in [1.807, 2.05) is 0 Å². The summed E-state index contributed by atoms with van der Waals surface area (Å²) in [5, 5.41) is 3.51. The van der Waals surface area contributed by atoms with Crippen LogP contribution in [0.25, 0.3) is 0 Å². The molecule has 1 saturated carbocycles. The number of halogens is 1. The number of hydrogen-bond acceptors (Lipinski definition) is 4. The first kappa shape index (κ1) is 23.5. The van der Waals surface area contributed by atoms with Gasteiger partial charge in [0.05, 0.1) is 21.6 Å². The number of nitrogens with one attached hydrogen (secondary N) is 1. The molecule has 30 heavy (non-hydrogen) atoms. The highest BCUT2D eigenvalue weighted by Gasteiger charge is 2.40. The third kappa shape index (κ3) is 5.55. The summed E-state index contributed by atoms with van der Waals surface area (Å²) >= 11 is 6.23. The van der Waals surface area contributed by atoms with E-state index >= 15 is 0 Å². The van der Waals surface area contributed by atoms with E-state index in [0.717, 1.165) is 44.8 Å². The van der Waals surface area contributed by atoms with Crippen LogP contribution in [0.1, 0.15) is 56.3 Å². The van der Waals surface area contributed by atoms with Crippen LogP contribution in [0.3, 0.4) is 0 Å². The maximum absolute atomic E-state index is 12.9. The molecule has 1 aliphatic heterocycles. The molecule has 1 unspecified atom stereocenters. The van der Waals surface area contributed by atoms with Gasteiger partial charge < -0.3 is 11.1 Å². The van der Waals surface area contributed by atoms with Crippen molar-refractivity contribution in [2.24, 2.45) is 5.92 Å². The molecular formula is C22H35ClN4O2S. The van der Waals surface area contributed by atoms with Crippen molar-refractivity contribution in [3.05, 3.63) is 28.8 Å². The number of nitrogen functional groups attached to an aromatic ring is 1. The number of carbonyl (C=O) groups is 1. The van der Waals surface area contributed by atoms with E-state index in [-0.39, 0.29) is 11.4 Å². The van der Waals surface area contributed by atoms with Crippen LogP contribution >= 0.6 is 11.6 Å². The molecule has 3 N–H and O–H groups in total. The molecule has 1 amide bonds. The highest BCUT2D eigenvalue weighted by molar-refractivity contribution is 7.82. The van der Waals surface area contributed by atoms with Gasteiger partial charge in [0.1, 0.15) is 0 Å². The van der Waals surface area contributed by atoms with Crippen molar-refractivity contribution >= 4 is 34.2 Å². The Morgan fingerprint density at radius 1 is 1.20 bits per heavy atom. The van der Waals surface area contributed by atoms with E-state index in [1.54, 1.807) is 18.2 Å². The van der Waals surface area contributed by atoms with Crippen molar-refractivity contribution in [3.8, 4) is 0 Å². The number of benzene rings is 1. The third-order valence-corrected chi connectivity index (χ3v) is 8.52. The van der Waals surface area contributed by atoms with Gasteiger partial charge in [-0.3, -0.25) is 9.69 Å². The monoisotopic (exact) mass is 454 g/mol. The molecule has 2 fully saturated rings. The predicted octanol–water partition coefficient (Wildman–Crippen LogP) is 3.29.